The van der Waals surface area contributed by atoms with E-state index in [2.05, 4.69) is 0 Å². The molecule has 1 rings (SSSR count). The van der Waals surface area contributed by atoms with Gasteiger partial charge in [-0.3, -0.25) is 0 Å². The molecule has 3 atom stereocenters. The van der Waals surface area contributed by atoms with E-state index in [0.717, 1.165) is 0 Å². The number of nitrogens with two attached hydrogens (primary N) is 1. The van der Waals surface area contributed by atoms with Crippen LogP contribution >= 0.6 is 0 Å². The summed E-state index contributed by atoms with van der Waals surface area (Å²) in [5.41, 5.74) is 5.56. The fourth-order valence-electron chi connectivity index (χ4n) is 1.94. The first-order valence-corrected chi connectivity index (χ1v) is 7.71. The summed E-state index contributed by atoms with van der Waals surface area (Å²) in [6, 6.07) is -0.228. The fraction of sp³-hybridized carbons (Fsp3) is 1.00. The Kier molecular flexibility index (Phi) is 5.84. The Morgan fingerprint density at radius 2 is 1.29 bits per heavy atom. The van der Waals surface area contributed by atoms with Crippen LogP contribution in [0.4, 0.5) is 0 Å². The predicted molar refractivity (Wildman–Crippen MR) is 83.2 cm³/mol. The van der Waals surface area contributed by atoms with E-state index in [1.54, 1.807) is 0 Å². The van der Waals surface area contributed by atoms with Crippen molar-refractivity contribution in [1.82, 2.24) is 0 Å². The van der Waals surface area contributed by atoms with Gasteiger partial charge < -0.3 is 24.7 Å². The van der Waals surface area contributed by atoms with Gasteiger partial charge in [-0.2, -0.15) is 0 Å². The zero-order chi connectivity index (χ0) is 16.5. The summed E-state index contributed by atoms with van der Waals surface area (Å²) in [6.45, 7) is 16.8. The molecule has 1 aliphatic rings. The van der Waals surface area contributed by atoms with Gasteiger partial charge in [0.25, 0.3) is 0 Å². The summed E-state index contributed by atoms with van der Waals surface area (Å²) in [5.74, 6) is -0.794. The van der Waals surface area contributed by atoms with Crippen molar-refractivity contribution in [2.24, 2.45) is 5.73 Å². The molecule has 126 valence electrons. The van der Waals surface area contributed by atoms with Crippen LogP contribution in [0.25, 0.3) is 0 Å². The average molecular weight is 303 g/mol. The summed E-state index contributed by atoms with van der Waals surface area (Å²) >= 11 is 0. The van der Waals surface area contributed by atoms with Crippen LogP contribution in [0, 0.1) is 0 Å². The molecule has 0 aliphatic carbocycles. The molecule has 5 heteroatoms. The van der Waals surface area contributed by atoms with Crippen LogP contribution in [0.15, 0.2) is 0 Å². The monoisotopic (exact) mass is 303 g/mol. The van der Waals surface area contributed by atoms with Gasteiger partial charge in [0, 0.05) is 0 Å². The Labute approximate surface area is 129 Å². The number of hydrogen-bond donors (Lipinski definition) is 1. The molecule has 5 nitrogen and oxygen atoms in total. The standard InChI is InChI=1S/C16H33NO4/c1-11(17)16(8)20-12(9-18-14(2,3)4)13(21-16)10-19-15(5,6)7/h11-13H,9-10,17H2,1-8H3/t11-,12-,13-/m0/s1. The van der Waals surface area contributed by atoms with Crippen molar-refractivity contribution in [2.45, 2.75) is 90.6 Å². The molecule has 0 radical (unpaired) electrons. The molecular weight excluding hydrogens is 270 g/mol. The van der Waals surface area contributed by atoms with Gasteiger partial charge in [0.2, 0.25) is 0 Å². The van der Waals surface area contributed by atoms with Gasteiger partial charge in [0.05, 0.1) is 30.5 Å². The minimum Gasteiger partial charge on any atom is -0.373 e. The SMILES string of the molecule is C[C@H](N)C1(C)O[C@@H](COC(C)(C)C)[C@H](COC(C)(C)C)O1. The molecule has 0 saturated carbocycles. The highest BCUT2D eigenvalue weighted by molar-refractivity contribution is 4.89. The Morgan fingerprint density at radius 1 is 0.952 bits per heavy atom. The summed E-state index contributed by atoms with van der Waals surface area (Å²) in [4.78, 5) is 0. The fourth-order valence-corrected chi connectivity index (χ4v) is 1.94. The second-order valence-electron chi connectivity index (χ2n) is 7.96. The summed E-state index contributed by atoms with van der Waals surface area (Å²) in [5, 5.41) is 0. The molecule has 0 aromatic heterocycles. The lowest BCUT2D eigenvalue weighted by molar-refractivity contribution is -0.184. The largest absolute Gasteiger partial charge is 0.373 e. The summed E-state index contributed by atoms with van der Waals surface area (Å²) in [6.07, 6.45) is -0.356. The van der Waals surface area contributed by atoms with E-state index in [1.807, 2.05) is 55.4 Å². The first-order chi connectivity index (χ1) is 9.32. The third kappa shape index (κ3) is 6.20. The van der Waals surface area contributed by atoms with Gasteiger partial charge in [0.1, 0.15) is 12.2 Å². The molecule has 1 heterocycles. The molecule has 1 saturated heterocycles. The zero-order valence-electron chi connectivity index (χ0n) is 14.9. The quantitative estimate of drug-likeness (QED) is 0.845. The first kappa shape index (κ1) is 18.8. The van der Waals surface area contributed by atoms with Crippen LogP contribution in [0.3, 0.4) is 0 Å². The maximum absolute atomic E-state index is 6.03. The number of hydrogen-bond acceptors (Lipinski definition) is 5. The molecule has 0 unspecified atom stereocenters. The van der Waals surface area contributed by atoms with E-state index < -0.39 is 5.79 Å². The van der Waals surface area contributed by atoms with Gasteiger partial charge in [-0.25, -0.2) is 0 Å². The molecule has 2 N–H and O–H groups in total. The van der Waals surface area contributed by atoms with Crippen LogP contribution in [-0.4, -0.2) is 48.5 Å². The topological polar surface area (TPSA) is 62.9 Å². The minimum absolute atomic E-state index is 0.178. The van der Waals surface area contributed by atoms with E-state index in [9.17, 15) is 0 Å². The number of ether oxygens (including phenoxy) is 4. The Bertz CT molecular complexity index is 304. The Morgan fingerprint density at radius 3 is 1.52 bits per heavy atom. The van der Waals surface area contributed by atoms with Crippen LogP contribution in [0.2, 0.25) is 0 Å². The molecule has 0 spiro atoms. The van der Waals surface area contributed by atoms with Crippen molar-refractivity contribution in [3.05, 3.63) is 0 Å². The van der Waals surface area contributed by atoms with E-state index in [-0.39, 0.29) is 29.5 Å². The summed E-state index contributed by atoms with van der Waals surface area (Å²) in [7, 11) is 0. The highest BCUT2D eigenvalue weighted by Gasteiger charge is 2.47. The Balaban J connectivity index is 2.70. The average Bonchev–Trinajstić information content (AvgIpc) is 2.60. The second-order valence-corrected chi connectivity index (χ2v) is 7.96. The second kappa shape index (κ2) is 6.50. The normalized spacial score (nSPS) is 27.9. The van der Waals surface area contributed by atoms with Gasteiger partial charge in [0.15, 0.2) is 5.79 Å². The van der Waals surface area contributed by atoms with Crippen molar-refractivity contribution in [1.29, 1.82) is 0 Å². The lowest BCUT2D eigenvalue weighted by Crippen LogP contribution is -2.45. The predicted octanol–water partition coefficient (Wildman–Crippen LogP) is 2.46. The van der Waals surface area contributed by atoms with Gasteiger partial charge in [-0.1, -0.05) is 0 Å². The van der Waals surface area contributed by atoms with Crippen LogP contribution < -0.4 is 5.73 Å². The van der Waals surface area contributed by atoms with Crippen molar-refractivity contribution in [3.8, 4) is 0 Å². The third-order valence-electron chi connectivity index (χ3n) is 3.37. The van der Waals surface area contributed by atoms with Crippen LogP contribution in [0.1, 0.15) is 55.4 Å². The summed E-state index contributed by atoms with van der Waals surface area (Å²) < 4.78 is 23.8. The third-order valence-corrected chi connectivity index (χ3v) is 3.37. The highest BCUT2D eigenvalue weighted by atomic mass is 16.8. The highest BCUT2D eigenvalue weighted by Crippen LogP contribution is 2.32. The Hall–Kier alpha value is -0.200. The van der Waals surface area contributed by atoms with E-state index in [1.165, 1.54) is 0 Å². The van der Waals surface area contributed by atoms with Crippen molar-refractivity contribution in [3.63, 3.8) is 0 Å². The van der Waals surface area contributed by atoms with Crippen molar-refractivity contribution >= 4 is 0 Å². The van der Waals surface area contributed by atoms with Crippen LogP contribution in [0.5, 0.6) is 0 Å². The molecule has 1 aliphatic heterocycles. The maximum Gasteiger partial charge on any atom is 0.181 e. The zero-order valence-corrected chi connectivity index (χ0v) is 14.9. The molecule has 0 bridgehead atoms. The first-order valence-electron chi connectivity index (χ1n) is 7.71. The number of rotatable bonds is 5. The van der Waals surface area contributed by atoms with Crippen LogP contribution in [-0.2, 0) is 18.9 Å². The molecule has 0 aromatic carbocycles. The van der Waals surface area contributed by atoms with E-state index in [0.29, 0.717) is 13.2 Å². The molecule has 1 fully saturated rings. The lowest BCUT2D eigenvalue weighted by Gasteiger charge is -2.28. The van der Waals surface area contributed by atoms with Gasteiger partial charge >= 0.3 is 0 Å². The smallest absolute Gasteiger partial charge is 0.181 e. The molecule has 0 aromatic rings. The van der Waals surface area contributed by atoms with Crippen molar-refractivity contribution in [2.75, 3.05) is 13.2 Å². The molecule has 21 heavy (non-hydrogen) atoms. The van der Waals surface area contributed by atoms with Crippen molar-refractivity contribution < 1.29 is 18.9 Å². The minimum atomic E-state index is -0.794. The van der Waals surface area contributed by atoms with E-state index in [4.69, 9.17) is 24.7 Å². The molecule has 0 amide bonds. The maximum atomic E-state index is 6.03. The van der Waals surface area contributed by atoms with E-state index >= 15 is 0 Å². The van der Waals surface area contributed by atoms with Gasteiger partial charge in [-0.05, 0) is 55.4 Å². The molecular formula is C16H33NO4. The lowest BCUT2D eigenvalue weighted by atomic mass is 10.1. The van der Waals surface area contributed by atoms with Gasteiger partial charge in [-0.15, -0.1) is 0 Å².